The Bertz CT molecular complexity index is 428. The lowest BCUT2D eigenvalue weighted by Crippen LogP contribution is -2.35. The molecule has 1 aliphatic rings. The van der Waals surface area contributed by atoms with Gasteiger partial charge < -0.3 is 10.6 Å². The number of hydrogen-bond acceptors (Lipinski definition) is 3. The van der Waals surface area contributed by atoms with Gasteiger partial charge in [-0.05, 0) is 44.9 Å². The van der Waals surface area contributed by atoms with Crippen molar-refractivity contribution in [3.05, 3.63) is 29.6 Å². The fourth-order valence-electron chi connectivity index (χ4n) is 2.41. The molecular formula is C13H21Cl2N3O. The van der Waals surface area contributed by atoms with Gasteiger partial charge in [0.15, 0.2) is 0 Å². The molecule has 2 N–H and O–H groups in total. The summed E-state index contributed by atoms with van der Waals surface area (Å²) in [7, 11) is 0. The number of pyridine rings is 1. The van der Waals surface area contributed by atoms with E-state index in [-0.39, 0.29) is 36.8 Å². The van der Waals surface area contributed by atoms with E-state index in [4.69, 9.17) is 5.73 Å². The van der Waals surface area contributed by atoms with E-state index in [0.717, 1.165) is 18.7 Å². The summed E-state index contributed by atoms with van der Waals surface area (Å²) >= 11 is 0. The third-order valence-corrected chi connectivity index (χ3v) is 3.36. The van der Waals surface area contributed by atoms with E-state index < -0.39 is 0 Å². The largest absolute Gasteiger partial charge is 0.334 e. The monoisotopic (exact) mass is 305 g/mol. The molecule has 1 aromatic rings. The van der Waals surface area contributed by atoms with Crippen LogP contribution in [0.15, 0.2) is 18.2 Å². The summed E-state index contributed by atoms with van der Waals surface area (Å²) in [5.41, 5.74) is 7.08. The van der Waals surface area contributed by atoms with Gasteiger partial charge >= 0.3 is 0 Å². The van der Waals surface area contributed by atoms with Crippen molar-refractivity contribution < 1.29 is 4.79 Å². The first-order valence-corrected chi connectivity index (χ1v) is 6.06. The van der Waals surface area contributed by atoms with Crippen LogP contribution in [0.1, 0.15) is 29.5 Å². The summed E-state index contributed by atoms with van der Waals surface area (Å²) in [6.07, 6.45) is 0.994. The maximum absolute atomic E-state index is 12.3. The Hall–Kier alpha value is -0.840. The lowest BCUT2D eigenvalue weighted by atomic mass is 10.1. The van der Waals surface area contributed by atoms with Crippen LogP contribution in [0.2, 0.25) is 0 Å². The van der Waals surface area contributed by atoms with Crippen LogP contribution in [0.3, 0.4) is 0 Å². The number of nitrogens with two attached hydrogens (primary N) is 1. The molecule has 0 bridgehead atoms. The van der Waals surface area contributed by atoms with Gasteiger partial charge in [0.1, 0.15) is 5.69 Å². The lowest BCUT2D eigenvalue weighted by Gasteiger charge is -2.21. The van der Waals surface area contributed by atoms with E-state index in [1.54, 1.807) is 6.07 Å². The molecule has 1 aromatic heterocycles. The molecule has 1 saturated heterocycles. The molecule has 108 valence electrons. The third kappa shape index (κ3) is 4.06. The van der Waals surface area contributed by atoms with E-state index in [1.807, 2.05) is 24.0 Å². The maximum atomic E-state index is 12.3. The summed E-state index contributed by atoms with van der Waals surface area (Å²) < 4.78 is 0. The second kappa shape index (κ2) is 7.68. The molecule has 0 aromatic carbocycles. The minimum absolute atomic E-state index is 0. The quantitative estimate of drug-likeness (QED) is 0.909. The molecule has 19 heavy (non-hydrogen) atoms. The summed E-state index contributed by atoms with van der Waals surface area (Å²) in [5, 5.41) is 0. The van der Waals surface area contributed by atoms with Crippen molar-refractivity contribution in [2.45, 2.75) is 26.3 Å². The number of nitrogens with zero attached hydrogens (tertiary/aromatic N) is 2. The second-order valence-electron chi connectivity index (χ2n) is 4.81. The Balaban J connectivity index is 0.00000162. The number of likely N-dealkylation sites (tertiary alicyclic amines) is 1. The number of amides is 1. The fraction of sp³-hybridized carbons (Fsp3) is 0.538. The van der Waals surface area contributed by atoms with Crippen LogP contribution in [-0.2, 0) is 0 Å². The van der Waals surface area contributed by atoms with Crippen molar-refractivity contribution in [3.8, 4) is 0 Å². The van der Waals surface area contributed by atoms with Crippen molar-refractivity contribution in [2.24, 2.45) is 11.7 Å². The topological polar surface area (TPSA) is 59.2 Å². The minimum Gasteiger partial charge on any atom is -0.334 e. The highest BCUT2D eigenvalue weighted by molar-refractivity contribution is 5.92. The van der Waals surface area contributed by atoms with Gasteiger partial charge in [0, 0.05) is 18.3 Å². The highest BCUT2D eigenvalue weighted by atomic mass is 35.5. The number of carbonyl (C=O) groups excluding carboxylic acids is 1. The Morgan fingerprint density at radius 3 is 2.68 bits per heavy atom. The van der Waals surface area contributed by atoms with Crippen molar-refractivity contribution in [2.75, 3.05) is 13.1 Å². The number of aryl methyl sites for hydroxylation is 1. The zero-order chi connectivity index (χ0) is 12.4. The van der Waals surface area contributed by atoms with Gasteiger partial charge in [0.25, 0.3) is 5.91 Å². The third-order valence-electron chi connectivity index (χ3n) is 3.36. The van der Waals surface area contributed by atoms with Crippen LogP contribution in [0.5, 0.6) is 0 Å². The van der Waals surface area contributed by atoms with Gasteiger partial charge in [-0.25, -0.2) is 4.98 Å². The molecule has 2 heterocycles. The van der Waals surface area contributed by atoms with Gasteiger partial charge in [-0.3, -0.25) is 4.79 Å². The van der Waals surface area contributed by atoms with Crippen LogP contribution in [0, 0.1) is 12.8 Å². The molecule has 0 aliphatic carbocycles. The van der Waals surface area contributed by atoms with E-state index in [0.29, 0.717) is 18.2 Å². The van der Waals surface area contributed by atoms with Gasteiger partial charge in [-0.2, -0.15) is 0 Å². The van der Waals surface area contributed by atoms with Crippen LogP contribution in [0.4, 0.5) is 0 Å². The Kier molecular flexibility index (Phi) is 7.34. The van der Waals surface area contributed by atoms with E-state index in [9.17, 15) is 4.79 Å². The second-order valence-corrected chi connectivity index (χ2v) is 4.81. The molecule has 2 rings (SSSR count). The summed E-state index contributed by atoms with van der Waals surface area (Å²) in [4.78, 5) is 18.5. The first-order chi connectivity index (χ1) is 8.11. The minimum atomic E-state index is 0. The van der Waals surface area contributed by atoms with E-state index >= 15 is 0 Å². The summed E-state index contributed by atoms with van der Waals surface area (Å²) in [5.74, 6) is 0.455. The molecule has 0 spiro atoms. The first kappa shape index (κ1) is 18.2. The molecule has 1 fully saturated rings. The molecule has 2 unspecified atom stereocenters. The predicted octanol–water partition coefficient (Wildman–Crippen LogP) is 2.04. The zero-order valence-electron chi connectivity index (χ0n) is 11.2. The number of halogens is 2. The number of rotatable bonds is 2. The number of carbonyl (C=O) groups is 1. The Labute approximate surface area is 126 Å². The van der Waals surface area contributed by atoms with Crippen molar-refractivity contribution in [1.82, 2.24) is 9.88 Å². The zero-order valence-corrected chi connectivity index (χ0v) is 12.8. The van der Waals surface area contributed by atoms with Crippen LogP contribution in [-0.4, -0.2) is 34.9 Å². The average molecular weight is 306 g/mol. The molecule has 2 atom stereocenters. The van der Waals surface area contributed by atoms with Crippen molar-refractivity contribution in [1.29, 1.82) is 0 Å². The van der Waals surface area contributed by atoms with Gasteiger partial charge in [-0.1, -0.05) is 6.07 Å². The van der Waals surface area contributed by atoms with Crippen LogP contribution in [0.25, 0.3) is 0 Å². The highest BCUT2D eigenvalue weighted by Crippen LogP contribution is 2.23. The normalized spacial score (nSPS) is 21.5. The summed E-state index contributed by atoms with van der Waals surface area (Å²) in [6, 6.07) is 5.81. The first-order valence-electron chi connectivity index (χ1n) is 6.06. The molecule has 1 aliphatic heterocycles. The number of hydrogen-bond donors (Lipinski definition) is 1. The molecule has 0 saturated carbocycles. The molecule has 6 heteroatoms. The average Bonchev–Trinajstić information content (AvgIpc) is 2.69. The molecular weight excluding hydrogens is 285 g/mol. The Morgan fingerprint density at radius 1 is 1.47 bits per heavy atom. The number of aromatic nitrogens is 1. The summed E-state index contributed by atoms with van der Waals surface area (Å²) in [6.45, 7) is 5.37. The van der Waals surface area contributed by atoms with Crippen LogP contribution < -0.4 is 5.73 Å². The SMILES string of the molecule is Cc1cccc(C(=O)N2CC(CN)CC2C)n1.Cl.Cl. The lowest BCUT2D eigenvalue weighted by molar-refractivity contribution is 0.0737. The fourth-order valence-corrected chi connectivity index (χ4v) is 2.41. The van der Waals surface area contributed by atoms with E-state index in [1.165, 1.54) is 0 Å². The van der Waals surface area contributed by atoms with Crippen molar-refractivity contribution in [3.63, 3.8) is 0 Å². The molecule has 1 amide bonds. The standard InChI is InChI=1S/C13H19N3O.2ClH/c1-9-4-3-5-12(15-9)13(17)16-8-11(7-14)6-10(16)2;;/h3-5,10-11H,6-8,14H2,1-2H3;2*1H. The van der Waals surface area contributed by atoms with Gasteiger partial charge in [-0.15, -0.1) is 24.8 Å². The van der Waals surface area contributed by atoms with E-state index in [2.05, 4.69) is 11.9 Å². The molecule has 0 radical (unpaired) electrons. The molecule has 4 nitrogen and oxygen atoms in total. The highest BCUT2D eigenvalue weighted by Gasteiger charge is 2.32. The van der Waals surface area contributed by atoms with Crippen molar-refractivity contribution >= 4 is 30.7 Å². The predicted molar refractivity (Wildman–Crippen MR) is 81.1 cm³/mol. The van der Waals surface area contributed by atoms with Crippen LogP contribution >= 0.6 is 24.8 Å². The van der Waals surface area contributed by atoms with Gasteiger partial charge in [0.2, 0.25) is 0 Å². The smallest absolute Gasteiger partial charge is 0.272 e. The Morgan fingerprint density at radius 2 is 2.16 bits per heavy atom. The van der Waals surface area contributed by atoms with Gasteiger partial charge in [0.05, 0.1) is 0 Å². The maximum Gasteiger partial charge on any atom is 0.272 e.